The Balaban J connectivity index is 2.47. The normalized spacial score (nSPS) is 22.2. The molecule has 96 valence electrons. The van der Waals surface area contributed by atoms with Crippen LogP contribution in [0, 0.1) is 5.92 Å². The maximum atomic E-state index is 11.9. The van der Waals surface area contributed by atoms with E-state index in [-0.39, 0.29) is 17.8 Å². The Hall–Kier alpha value is -0.130. The van der Waals surface area contributed by atoms with Crippen LogP contribution in [0.3, 0.4) is 0 Å². The molecule has 1 aliphatic rings. The number of unbranched alkanes of at least 4 members (excludes halogenated alkanes) is 1. The maximum Gasteiger partial charge on any atom is 0.214 e. The van der Waals surface area contributed by atoms with Crippen molar-refractivity contribution in [2.75, 3.05) is 18.8 Å². The molecule has 0 aliphatic carbocycles. The molecular weight excluding hydrogens is 226 g/mol. The molecule has 0 aromatic rings. The predicted octanol–water partition coefficient (Wildman–Crippen LogP) is 1.21. The Bertz CT molecular complexity index is 292. The minimum absolute atomic E-state index is 0.262. The first-order chi connectivity index (χ1) is 7.47. The van der Waals surface area contributed by atoms with Crippen molar-refractivity contribution in [3.63, 3.8) is 0 Å². The van der Waals surface area contributed by atoms with Gasteiger partial charge in [0.1, 0.15) is 0 Å². The Morgan fingerprint density at radius 1 is 1.38 bits per heavy atom. The van der Waals surface area contributed by atoms with Gasteiger partial charge in [-0.15, -0.1) is 0 Å². The van der Waals surface area contributed by atoms with Crippen molar-refractivity contribution < 1.29 is 13.5 Å². The molecule has 0 aromatic heterocycles. The molecule has 0 radical (unpaired) electrons. The number of piperidine rings is 1. The lowest BCUT2D eigenvalue weighted by Crippen LogP contribution is -2.41. The Morgan fingerprint density at radius 3 is 2.38 bits per heavy atom. The minimum atomic E-state index is -3.04. The summed E-state index contributed by atoms with van der Waals surface area (Å²) in [4.78, 5) is 0. The summed E-state index contributed by atoms with van der Waals surface area (Å²) in [5, 5.41) is 9.44. The second-order valence-electron chi connectivity index (χ2n) is 4.65. The van der Waals surface area contributed by atoms with Crippen LogP contribution in [0.1, 0.15) is 39.5 Å². The van der Waals surface area contributed by atoms with E-state index in [0.717, 1.165) is 25.7 Å². The summed E-state index contributed by atoms with van der Waals surface area (Å²) >= 11 is 0. The van der Waals surface area contributed by atoms with Crippen molar-refractivity contribution in [2.45, 2.75) is 45.6 Å². The third kappa shape index (κ3) is 3.71. The molecule has 5 heteroatoms. The summed E-state index contributed by atoms with van der Waals surface area (Å²) in [6, 6.07) is 0. The molecule has 1 saturated heterocycles. The number of sulfonamides is 1. The van der Waals surface area contributed by atoms with E-state index in [1.54, 1.807) is 11.2 Å². The summed E-state index contributed by atoms with van der Waals surface area (Å²) in [6.45, 7) is 4.92. The number of hydrogen-bond acceptors (Lipinski definition) is 3. The molecule has 0 unspecified atom stereocenters. The fourth-order valence-corrected chi connectivity index (χ4v) is 3.77. The Morgan fingerprint density at radius 2 is 1.94 bits per heavy atom. The molecule has 0 aromatic carbocycles. The molecule has 4 nitrogen and oxygen atoms in total. The maximum absolute atomic E-state index is 11.9. The summed E-state index contributed by atoms with van der Waals surface area (Å²) in [5.74, 6) is 0.528. The van der Waals surface area contributed by atoms with Crippen LogP contribution in [0.4, 0.5) is 0 Å². The highest BCUT2D eigenvalue weighted by Gasteiger charge is 2.29. The first-order valence-electron chi connectivity index (χ1n) is 6.13. The van der Waals surface area contributed by atoms with Gasteiger partial charge in [-0.25, -0.2) is 12.7 Å². The fourth-order valence-electron chi connectivity index (χ4n) is 2.09. The van der Waals surface area contributed by atoms with E-state index in [9.17, 15) is 13.5 Å². The second kappa shape index (κ2) is 5.98. The van der Waals surface area contributed by atoms with E-state index >= 15 is 0 Å². The highest BCUT2D eigenvalue weighted by atomic mass is 32.2. The first-order valence-corrected chi connectivity index (χ1v) is 7.74. The number of aliphatic hydroxyl groups is 1. The smallest absolute Gasteiger partial charge is 0.214 e. The van der Waals surface area contributed by atoms with Crippen LogP contribution in [-0.4, -0.2) is 42.8 Å². The SMILES string of the molecule is CCCCS(=O)(=O)N1CCC([C@@H](C)O)CC1. The average Bonchev–Trinajstić information content (AvgIpc) is 2.26. The number of aliphatic hydroxyl groups excluding tert-OH is 1. The van der Waals surface area contributed by atoms with E-state index in [0.29, 0.717) is 13.1 Å². The molecule has 0 amide bonds. The molecular formula is C11H23NO3S. The molecule has 16 heavy (non-hydrogen) atoms. The van der Waals surface area contributed by atoms with E-state index in [1.165, 1.54) is 0 Å². The number of hydrogen-bond donors (Lipinski definition) is 1. The van der Waals surface area contributed by atoms with E-state index in [1.807, 2.05) is 6.92 Å². The van der Waals surface area contributed by atoms with Gasteiger partial charge in [0, 0.05) is 13.1 Å². The van der Waals surface area contributed by atoms with Gasteiger partial charge in [0.15, 0.2) is 0 Å². The number of nitrogens with zero attached hydrogens (tertiary/aromatic N) is 1. The molecule has 1 heterocycles. The van der Waals surface area contributed by atoms with Gasteiger partial charge >= 0.3 is 0 Å². The molecule has 1 rings (SSSR count). The lowest BCUT2D eigenvalue weighted by molar-refractivity contribution is 0.0912. The van der Waals surface area contributed by atoms with Crippen LogP contribution >= 0.6 is 0 Å². The van der Waals surface area contributed by atoms with Crippen molar-refractivity contribution >= 4 is 10.0 Å². The highest BCUT2D eigenvalue weighted by Crippen LogP contribution is 2.22. The number of rotatable bonds is 5. The minimum Gasteiger partial charge on any atom is -0.393 e. The van der Waals surface area contributed by atoms with Gasteiger partial charge in [-0.3, -0.25) is 0 Å². The zero-order valence-electron chi connectivity index (χ0n) is 10.2. The van der Waals surface area contributed by atoms with E-state index in [2.05, 4.69) is 0 Å². The van der Waals surface area contributed by atoms with Gasteiger partial charge in [0.05, 0.1) is 11.9 Å². The summed E-state index contributed by atoms with van der Waals surface area (Å²) in [7, 11) is -3.04. The summed E-state index contributed by atoms with van der Waals surface area (Å²) in [6.07, 6.45) is 2.88. The molecule has 1 N–H and O–H groups in total. The summed E-state index contributed by atoms with van der Waals surface area (Å²) in [5.41, 5.74) is 0. The average molecular weight is 249 g/mol. The lowest BCUT2D eigenvalue weighted by Gasteiger charge is -2.32. The van der Waals surface area contributed by atoms with Crippen LogP contribution in [0.5, 0.6) is 0 Å². The molecule has 0 bridgehead atoms. The van der Waals surface area contributed by atoms with Crippen LogP contribution in [-0.2, 0) is 10.0 Å². The van der Waals surface area contributed by atoms with Crippen molar-refractivity contribution in [3.8, 4) is 0 Å². The molecule has 1 aliphatic heterocycles. The zero-order chi connectivity index (χ0) is 12.2. The van der Waals surface area contributed by atoms with Gasteiger partial charge < -0.3 is 5.11 Å². The molecule has 1 atom stereocenters. The lowest BCUT2D eigenvalue weighted by atomic mass is 9.93. The predicted molar refractivity (Wildman–Crippen MR) is 64.7 cm³/mol. The van der Waals surface area contributed by atoms with Crippen LogP contribution < -0.4 is 0 Å². The largest absolute Gasteiger partial charge is 0.393 e. The van der Waals surface area contributed by atoms with Gasteiger partial charge in [-0.1, -0.05) is 13.3 Å². The van der Waals surface area contributed by atoms with E-state index < -0.39 is 10.0 Å². The highest BCUT2D eigenvalue weighted by molar-refractivity contribution is 7.89. The fraction of sp³-hybridized carbons (Fsp3) is 1.00. The van der Waals surface area contributed by atoms with Crippen molar-refractivity contribution in [1.29, 1.82) is 0 Å². The topological polar surface area (TPSA) is 57.6 Å². The van der Waals surface area contributed by atoms with Gasteiger partial charge in [-0.2, -0.15) is 0 Å². The van der Waals surface area contributed by atoms with Gasteiger partial charge in [0.25, 0.3) is 0 Å². The van der Waals surface area contributed by atoms with Crippen LogP contribution in [0.15, 0.2) is 0 Å². The quantitative estimate of drug-likeness (QED) is 0.796. The molecule has 1 fully saturated rings. The van der Waals surface area contributed by atoms with Crippen molar-refractivity contribution in [1.82, 2.24) is 4.31 Å². The third-order valence-corrected chi connectivity index (χ3v) is 5.29. The second-order valence-corrected chi connectivity index (χ2v) is 6.74. The Labute approximate surface area is 98.7 Å². The van der Waals surface area contributed by atoms with Crippen molar-refractivity contribution in [2.24, 2.45) is 5.92 Å². The summed E-state index contributed by atoms with van der Waals surface area (Å²) < 4.78 is 25.4. The van der Waals surface area contributed by atoms with Crippen LogP contribution in [0.2, 0.25) is 0 Å². The van der Waals surface area contributed by atoms with Crippen LogP contribution in [0.25, 0.3) is 0 Å². The molecule has 0 saturated carbocycles. The monoisotopic (exact) mass is 249 g/mol. The van der Waals surface area contributed by atoms with Gasteiger partial charge in [0.2, 0.25) is 10.0 Å². The first kappa shape index (κ1) is 13.9. The Kier molecular flexibility index (Phi) is 5.21. The zero-order valence-corrected chi connectivity index (χ0v) is 11.0. The van der Waals surface area contributed by atoms with E-state index in [4.69, 9.17) is 0 Å². The molecule has 0 spiro atoms. The van der Waals surface area contributed by atoms with Gasteiger partial charge in [-0.05, 0) is 32.1 Å². The third-order valence-electron chi connectivity index (χ3n) is 3.33. The van der Waals surface area contributed by atoms with Crippen molar-refractivity contribution in [3.05, 3.63) is 0 Å². The standard InChI is InChI=1S/C11H23NO3S/c1-3-4-9-16(14,15)12-7-5-11(6-8-12)10(2)13/h10-11,13H,3-9H2,1-2H3/t10-/m1/s1.